The summed E-state index contributed by atoms with van der Waals surface area (Å²) in [6, 6.07) is 26.4. The van der Waals surface area contributed by atoms with Crippen LogP contribution in [0.15, 0.2) is 78.9 Å². The topological polar surface area (TPSA) is 73.2 Å². The molecule has 1 atom stereocenters. The first-order valence-electron chi connectivity index (χ1n) is 14.1. The molecule has 0 aliphatic heterocycles. The van der Waals surface area contributed by atoms with Gasteiger partial charge in [-0.15, -0.1) is 0 Å². The molecule has 1 N–H and O–H groups in total. The first-order valence-corrected chi connectivity index (χ1v) is 15.5. The van der Waals surface area contributed by atoms with Gasteiger partial charge in [0.1, 0.15) is 0 Å². The van der Waals surface area contributed by atoms with E-state index in [1.807, 2.05) is 80.2 Å². The summed E-state index contributed by atoms with van der Waals surface area (Å²) in [4.78, 5) is 16.1. The van der Waals surface area contributed by atoms with Crippen molar-refractivity contribution in [2.24, 2.45) is 5.41 Å². The van der Waals surface area contributed by atoms with Gasteiger partial charge in [-0.3, -0.25) is 0 Å². The Labute approximate surface area is 279 Å². The van der Waals surface area contributed by atoms with Gasteiger partial charge >= 0.3 is 0 Å². The molecule has 1 aliphatic rings. The number of thioether (sulfide) groups is 1. The van der Waals surface area contributed by atoms with Gasteiger partial charge in [0.05, 0.1) is 16.8 Å². The van der Waals surface area contributed by atoms with Crippen LogP contribution in [0.2, 0.25) is 5.02 Å². The molecule has 42 heavy (non-hydrogen) atoms. The fourth-order valence-electron chi connectivity index (χ4n) is 5.34. The van der Waals surface area contributed by atoms with Crippen LogP contribution in [0.1, 0.15) is 72.7 Å². The molecule has 1 fully saturated rings. The van der Waals surface area contributed by atoms with Crippen LogP contribution < -0.4 is 5.11 Å². The molecular formula is C35H35ClNNaO3S-. The second-order valence-electron chi connectivity index (χ2n) is 11.7. The van der Waals surface area contributed by atoms with E-state index in [4.69, 9.17) is 16.6 Å². The molecule has 1 heterocycles. The first-order chi connectivity index (χ1) is 19.6. The third kappa shape index (κ3) is 8.72. The average Bonchev–Trinajstić information content (AvgIpc) is 3.70. The van der Waals surface area contributed by atoms with Crippen molar-refractivity contribution >= 4 is 81.9 Å². The van der Waals surface area contributed by atoms with Crippen molar-refractivity contribution in [2.45, 2.75) is 56.8 Å². The molecule has 3 aromatic carbocycles. The minimum absolute atomic E-state index is 0. The molecule has 7 heteroatoms. The summed E-state index contributed by atoms with van der Waals surface area (Å²) in [5, 5.41) is 24.0. The van der Waals surface area contributed by atoms with Crippen LogP contribution in [0.3, 0.4) is 0 Å². The third-order valence-corrected chi connectivity index (χ3v) is 9.75. The Morgan fingerprint density at radius 1 is 1.07 bits per heavy atom. The summed E-state index contributed by atoms with van der Waals surface area (Å²) >= 11 is 8.01. The predicted octanol–water partition coefficient (Wildman–Crippen LogP) is 7.23. The number of rotatable bonds is 12. The van der Waals surface area contributed by atoms with Crippen molar-refractivity contribution < 1.29 is 15.0 Å². The van der Waals surface area contributed by atoms with Gasteiger partial charge in [-0.05, 0) is 104 Å². The van der Waals surface area contributed by atoms with Crippen LogP contribution in [0, 0.1) is 5.41 Å². The number of carboxylic acid groups (broad SMARTS) is 1. The number of nitrogens with zero attached hydrogens (tertiary/aromatic N) is 1. The van der Waals surface area contributed by atoms with Crippen LogP contribution in [0.4, 0.5) is 0 Å². The van der Waals surface area contributed by atoms with Crippen molar-refractivity contribution in [1.82, 2.24) is 4.98 Å². The third-order valence-electron chi connectivity index (χ3n) is 7.82. The normalized spacial score (nSPS) is 15.0. The number of fused-ring (bicyclic) bond motifs is 1. The number of aryl methyl sites for hydroxylation is 1. The van der Waals surface area contributed by atoms with Gasteiger partial charge < -0.3 is 15.0 Å². The SMILES string of the molecule is CC(C)(O)c1ccccc1CCC(SCC1(CC(=O)[O-])CC1)c1cccc(/C=C/c2ccc3ccc(Cl)cc3n2)c1.[Na]. The Kier molecular flexibility index (Phi) is 11.0. The van der Waals surface area contributed by atoms with E-state index in [1.54, 1.807) is 0 Å². The first kappa shape index (κ1) is 32.8. The molecule has 1 aromatic heterocycles. The van der Waals surface area contributed by atoms with E-state index >= 15 is 0 Å². The van der Waals surface area contributed by atoms with Crippen molar-refractivity contribution in [3.05, 3.63) is 112 Å². The fraction of sp³-hybridized carbons (Fsp3) is 0.314. The number of hydrogen-bond donors (Lipinski definition) is 1. The zero-order valence-electron chi connectivity index (χ0n) is 24.5. The number of pyridine rings is 1. The molecule has 5 rings (SSSR count). The molecule has 1 saturated carbocycles. The molecule has 4 nitrogen and oxygen atoms in total. The van der Waals surface area contributed by atoms with Crippen LogP contribution in [-0.4, -0.2) is 51.4 Å². The van der Waals surface area contributed by atoms with Gasteiger partial charge in [-0.2, -0.15) is 11.8 Å². The summed E-state index contributed by atoms with van der Waals surface area (Å²) < 4.78 is 0. The molecule has 0 bridgehead atoms. The predicted molar refractivity (Wildman–Crippen MR) is 174 cm³/mol. The van der Waals surface area contributed by atoms with Crippen molar-refractivity contribution in [1.29, 1.82) is 0 Å². The molecule has 0 amide bonds. The Hall–Kier alpha value is -2.12. The van der Waals surface area contributed by atoms with Gasteiger partial charge in [0.2, 0.25) is 0 Å². The average molecular weight is 608 g/mol. The minimum Gasteiger partial charge on any atom is -0.550 e. The number of aromatic nitrogens is 1. The quantitative estimate of drug-likeness (QED) is 0.172. The van der Waals surface area contributed by atoms with Gasteiger partial charge in [0.25, 0.3) is 0 Å². The maximum Gasteiger partial charge on any atom is 0.0843 e. The number of aliphatic hydroxyl groups is 1. The molecule has 1 unspecified atom stereocenters. The van der Waals surface area contributed by atoms with Crippen LogP contribution in [0.25, 0.3) is 23.1 Å². The zero-order chi connectivity index (χ0) is 29.0. The molecule has 1 aliphatic carbocycles. The summed E-state index contributed by atoms with van der Waals surface area (Å²) in [7, 11) is 0. The summed E-state index contributed by atoms with van der Waals surface area (Å²) in [5.74, 6) is -0.168. The van der Waals surface area contributed by atoms with E-state index < -0.39 is 11.6 Å². The molecule has 0 saturated heterocycles. The number of halogens is 1. The largest absolute Gasteiger partial charge is 0.550 e. The number of carbonyl (C=O) groups excluding carboxylic acids is 1. The zero-order valence-corrected chi connectivity index (χ0v) is 28.0. The Morgan fingerprint density at radius 3 is 2.57 bits per heavy atom. The van der Waals surface area contributed by atoms with E-state index in [9.17, 15) is 15.0 Å². The number of carbonyl (C=O) groups is 1. The summed E-state index contributed by atoms with van der Waals surface area (Å²) in [6.45, 7) is 3.65. The van der Waals surface area contributed by atoms with Gasteiger partial charge in [0.15, 0.2) is 0 Å². The van der Waals surface area contributed by atoms with Gasteiger partial charge in [0, 0.05) is 51.2 Å². The second kappa shape index (κ2) is 14.1. The maximum atomic E-state index is 11.4. The number of benzene rings is 3. The van der Waals surface area contributed by atoms with E-state index in [-0.39, 0.29) is 46.6 Å². The van der Waals surface area contributed by atoms with Crippen molar-refractivity contribution in [3.8, 4) is 0 Å². The smallest absolute Gasteiger partial charge is 0.0843 e. The molecule has 213 valence electrons. The van der Waals surface area contributed by atoms with Gasteiger partial charge in [-0.1, -0.05) is 78.3 Å². The van der Waals surface area contributed by atoms with Crippen LogP contribution in [0.5, 0.6) is 0 Å². The number of hydrogen-bond acceptors (Lipinski definition) is 5. The van der Waals surface area contributed by atoms with E-state index in [2.05, 4.69) is 36.4 Å². The monoisotopic (exact) mass is 607 g/mol. The number of carboxylic acids is 1. The molecule has 4 aromatic rings. The Morgan fingerprint density at radius 2 is 1.83 bits per heavy atom. The van der Waals surface area contributed by atoms with E-state index in [1.165, 1.54) is 5.56 Å². The number of aliphatic carboxylic acids is 1. The van der Waals surface area contributed by atoms with Crippen LogP contribution >= 0.6 is 23.4 Å². The van der Waals surface area contributed by atoms with E-state index in [0.717, 1.165) is 64.7 Å². The van der Waals surface area contributed by atoms with E-state index in [0.29, 0.717) is 5.02 Å². The standard InChI is InChI=1S/C35H36ClNO3S.Na/c1-34(2,40)30-9-4-3-7-25(30)13-17-32(41-23-35(18-19-35)22-33(38)39)27-8-5-6-24(20-27)10-15-29-16-12-26-11-14-28(36)21-31(26)37-29;/h3-12,14-16,20-21,32,40H,13,17-19,22-23H2,1-2H3,(H,38,39);/p-1/b15-10+;. The van der Waals surface area contributed by atoms with Gasteiger partial charge in [-0.25, -0.2) is 4.98 Å². The maximum absolute atomic E-state index is 11.4. The van der Waals surface area contributed by atoms with Crippen molar-refractivity contribution in [3.63, 3.8) is 0 Å². The fourth-order valence-corrected chi connectivity index (χ4v) is 7.08. The van der Waals surface area contributed by atoms with Crippen molar-refractivity contribution in [2.75, 3.05) is 5.75 Å². The second-order valence-corrected chi connectivity index (χ2v) is 13.3. The van der Waals surface area contributed by atoms with Crippen LogP contribution in [-0.2, 0) is 16.8 Å². The molecule has 0 spiro atoms. The summed E-state index contributed by atoms with van der Waals surface area (Å²) in [5.41, 5.74) is 5.03. The Bertz CT molecular complexity index is 1580. The molecular weight excluding hydrogens is 573 g/mol. The molecule has 1 radical (unpaired) electrons. The Balaban J connectivity index is 0.00000405. The minimum atomic E-state index is -0.963. The summed E-state index contributed by atoms with van der Waals surface area (Å²) in [6.07, 6.45) is 7.78.